The SMILES string of the molecule is Cc1cc([N+](=O)[O-])ccc1S(=O)(=O)N1C[C@@H](N)[C@H](c2ccccc2)C1. The molecule has 0 bridgehead atoms. The number of benzene rings is 2. The van der Waals surface area contributed by atoms with Crippen molar-refractivity contribution in [2.75, 3.05) is 13.1 Å². The summed E-state index contributed by atoms with van der Waals surface area (Å²) in [6, 6.07) is 13.1. The zero-order chi connectivity index (χ0) is 18.2. The lowest BCUT2D eigenvalue weighted by Gasteiger charge is -2.18. The van der Waals surface area contributed by atoms with Gasteiger partial charge in [0.05, 0.1) is 9.82 Å². The van der Waals surface area contributed by atoms with E-state index in [1.54, 1.807) is 6.92 Å². The monoisotopic (exact) mass is 361 g/mol. The first-order valence-corrected chi connectivity index (χ1v) is 9.30. The fraction of sp³-hybridized carbons (Fsp3) is 0.294. The standard InChI is InChI=1S/C17H19N3O4S/c1-12-9-14(20(21)22)7-8-17(12)25(23,24)19-10-15(16(18)11-19)13-5-3-2-4-6-13/h2-9,15-16H,10-11,18H2,1H3/t15-,16+/m0/s1. The first-order chi connectivity index (χ1) is 11.8. The zero-order valence-corrected chi connectivity index (χ0v) is 14.5. The first-order valence-electron chi connectivity index (χ1n) is 7.86. The third-order valence-corrected chi connectivity index (χ3v) is 6.54. The van der Waals surface area contributed by atoms with Crippen LogP contribution in [0.2, 0.25) is 0 Å². The Labute approximate surface area is 146 Å². The van der Waals surface area contributed by atoms with Gasteiger partial charge in [-0.2, -0.15) is 4.31 Å². The number of nitrogens with zero attached hydrogens (tertiary/aromatic N) is 2. The van der Waals surface area contributed by atoms with Gasteiger partial charge in [0.25, 0.3) is 5.69 Å². The molecular weight excluding hydrogens is 342 g/mol. The second-order valence-electron chi connectivity index (χ2n) is 6.21. The topological polar surface area (TPSA) is 107 Å². The van der Waals surface area contributed by atoms with E-state index in [4.69, 9.17) is 5.73 Å². The number of non-ortho nitro benzene ring substituents is 1. The van der Waals surface area contributed by atoms with E-state index in [0.29, 0.717) is 12.1 Å². The lowest BCUT2D eigenvalue weighted by molar-refractivity contribution is -0.385. The Kier molecular flexibility index (Phi) is 4.59. The Bertz CT molecular complexity index is 899. The van der Waals surface area contributed by atoms with Gasteiger partial charge in [0, 0.05) is 37.2 Å². The molecule has 0 saturated carbocycles. The van der Waals surface area contributed by atoms with E-state index in [2.05, 4.69) is 0 Å². The molecule has 2 aromatic carbocycles. The Morgan fingerprint density at radius 1 is 1.16 bits per heavy atom. The molecule has 0 amide bonds. The number of nitro benzene ring substituents is 1. The fourth-order valence-corrected chi connectivity index (χ4v) is 4.93. The van der Waals surface area contributed by atoms with Crippen LogP contribution in [0.5, 0.6) is 0 Å². The molecule has 25 heavy (non-hydrogen) atoms. The minimum Gasteiger partial charge on any atom is -0.326 e. The van der Waals surface area contributed by atoms with Crippen molar-refractivity contribution in [2.45, 2.75) is 23.8 Å². The average Bonchev–Trinajstić information content (AvgIpc) is 2.98. The van der Waals surface area contributed by atoms with Gasteiger partial charge in [-0.05, 0) is 24.1 Å². The molecule has 1 saturated heterocycles. The van der Waals surface area contributed by atoms with E-state index >= 15 is 0 Å². The third kappa shape index (κ3) is 3.28. The van der Waals surface area contributed by atoms with Crippen LogP contribution in [0.25, 0.3) is 0 Å². The highest BCUT2D eigenvalue weighted by Gasteiger charge is 2.38. The fourth-order valence-electron chi connectivity index (χ4n) is 3.22. The van der Waals surface area contributed by atoms with Crippen LogP contribution >= 0.6 is 0 Å². The molecule has 132 valence electrons. The van der Waals surface area contributed by atoms with E-state index in [0.717, 1.165) is 5.56 Å². The molecule has 1 aliphatic rings. The number of hydrogen-bond acceptors (Lipinski definition) is 5. The second-order valence-corrected chi connectivity index (χ2v) is 8.12. The maximum absolute atomic E-state index is 13.0. The number of rotatable bonds is 4. The number of sulfonamides is 1. The van der Waals surface area contributed by atoms with Crippen molar-refractivity contribution < 1.29 is 13.3 Å². The molecule has 2 N–H and O–H groups in total. The summed E-state index contributed by atoms with van der Waals surface area (Å²) in [5.41, 5.74) is 7.41. The molecule has 7 nitrogen and oxygen atoms in total. The van der Waals surface area contributed by atoms with Crippen LogP contribution in [0.4, 0.5) is 5.69 Å². The summed E-state index contributed by atoms with van der Waals surface area (Å²) in [6.45, 7) is 2.08. The number of nitrogens with two attached hydrogens (primary N) is 1. The van der Waals surface area contributed by atoms with Gasteiger partial charge in [-0.15, -0.1) is 0 Å². The molecule has 8 heteroatoms. The van der Waals surface area contributed by atoms with Crippen molar-refractivity contribution in [3.63, 3.8) is 0 Å². The van der Waals surface area contributed by atoms with Gasteiger partial charge in [0.15, 0.2) is 0 Å². The van der Waals surface area contributed by atoms with Crippen LogP contribution in [0.1, 0.15) is 17.0 Å². The van der Waals surface area contributed by atoms with Crippen LogP contribution in [0.15, 0.2) is 53.4 Å². The smallest absolute Gasteiger partial charge is 0.269 e. The first kappa shape index (κ1) is 17.5. The largest absolute Gasteiger partial charge is 0.326 e. The number of aryl methyl sites for hydroxylation is 1. The zero-order valence-electron chi connectivity index (χ0n) is 13.7. The summed E-state index contributed by atoms with van der Waals surface area (Å²) >= 11 is 0. The van der Waals surface area contributed by atoms with E-state index in [1.807, 2.05) is 30.3 Å². The van der Waals surface area contributed by atoms with E-state index < -0.39 is 14.9 Å². The van der Waals surface area contributed by atoms with Crippen LogP contribution < -0.4 is 5.73 Å². The molecule has 1 heterocycles. The van der Waals surface area contributed by atoms with Crippen LogP contribution in [-0.2, 0) is 10.0 Å². The van der Waals surface area contributed by atoms with E-state index in [1.165, 1.54) is 22.5 Å². The van der Waals surface area contributed by atoms with Crippen LogP contribution in [0.3, 0.4) is 0 Å². The molecule has 0 spiro atoms. The molecule has 1 aliphatic heterocycles. The van der Waals surface area contributed by atoms with Crippen LogP contribution in [0, 0.1) is 17.0 Å². The quantitative estimate of drug-likeness (QED) is 0.662. The Morgan fingerprint density at radius 2 is 1.84 bits per heavy atom. The van der Waals surface area contributed by atoms with Gasteiger partial charge in [0.2, 0.25) is 10.0 Å². The maximum atomic E-state index is 13.0. The summed E-state index contributed by atoms with van der Waals surface area (Å²) in [6.07, 6.45) is 0. The highest BCUT2D eigenvalue weighted by Crippen LogP contribution is 2.32. The van der Waals surface area contributed by atoms with Crippen molar-refractivity contribution in [2.24, 2.45) is 5.73 Å². The van der Waals surface area contributed by atoms with Crippen molar-refractivity contribution in [3.05, 3.63) is 69.8 Å². The summed E-state index contributed by atoms with van der Waals surface area (Å²) in [4.78, 5) is 10.4. The lowest BCUT2D eigenvalue weighted by atomic mass is 9.95. The molecule has 2 aromatic rings. The summed E-state index contributed by atoms with van der Waals surface area (Å²) in [5.74, 6) is -0.0747. The second kappa shape index (κ2) is 6.55. The minimum absolute atomic E-state index is 0.0747. The summed E-state index contributed by atoms with van der Waals surface area (Å²) < 4.78 is 27.3. The maximum Gasteiger partial charge on any atom is 0.269 e. The lowest BCUT2D eigenvalue weighted by Crippen LogP contribution is -2.32. The highest BCUT2D eigenvalue weighted by atomic mass is 32.2. The predicted octanol–water partition coefficient (Wildman–Crippen LogP) is 2.02. The Morgan fingerprint density at radius 3 is 2.44 bits per heavy atom. The molecule has 0 aromatic heterocycles. The van der Waals surface area contributed by atoms with Gasteiger partial charge in [-0.25, -0.2) is 8.42 Å². The van der Waals surface area contributed by atoms with Gasteiger partial charge >= 0.3 is 0 Å². The van der Waals surface area contributed by atoms with Crippen molar-refractivity contribution in [1.82, 2.24) is 4.31 Å². The van der Waals surface area contributed by atoms with Crippen LogP contribution in [-0.4, -0.2) is 36.8 Å². The van der Waals surface area contributed by atoms with Gasteiger partial charge < -0.3 is 5.73 Å². The summed E-state index contributed by atoms with van der Waals surface area (Å²) in [7, 11) is -3.75. The van der Waals surface area contributed by atoms with Gasteiger partial charge in [-0.1, -0.05) is 30.3 Å². The normalized spacial score (nSPS) is 21.4. The molecular formula is C17H19N3O4S. The molecule has 1 fully saturated rings. The molecule has 0 unspecified atom stereocenters. The average molecular weight is 361 g/mol. The molecule has 2 atom stereocenters. The van der Waals surface area contributed by atoms with Gasteiger partial charge in [-0.3, -0.25) is 10.1 Å². The van der Waals surface area contributed by atoms with Crippen molar-refractivity contribution >= 4 is 15.7 Å². The molecule has 0 radical (unpaired) electrons. The minimum atomic E-state index is -3.75. The van der Waals surface area contributed by atoms with Gasteiger partial charge in [0.1, 0.15) is 0 Å². The summed E-state index contributed by atoms with van der Waals surface area (Å²) in [5, 5.41) is 10.8. The molecule has 0 aliphatic carbocycles. The Balaban J connectivity index is 1.90. The van der Waals surface area contributed by atoms with Crippen molar-refractivity contribution in [1.29, 1.82) is 0 Å². The number of nitro groups is 1. The van der Waals surface area contributed by atoms with E-state index in [9.17, 15) is 18.5 Å². The number of hydrogen-bond donors (Lipinski definition) is 1. The van der Waals surface area contributed by atoms with Crippen molar-refractivity contribution in [3.8, 4) is 0 Å². The molecule has 3 rings (SSSR count). The predicted molar refractivity (Wildman–Crippen MR) is 93.8 cm³/mol. The third-order valence-electron chi connectivity index (χ3n) is 4.55. The Hall–Kier alpha value is -2.29. The highest BCUT2D eigenvalue weighted by molar-refractivity contribution is 7.89. The van der Waals surface area contributed by atoms with E-state index in [-0.39, 0.29) is 29.1 Å².